The van der Waals surface area contributed by atoms with Crippen LogP contribution in [0.1, 0.15) is 44.3 Å². The Hall–Kier alpha value is -1.99. The van der Waals surface area contributed by atoms with Gasteiger partial charge < -0.3 is 10.1 Å². The van der Waals surface area contributed by atoms with Crippen molar-refractivity contribution in [3.8, 4) is 0 Å². The third-order valence-corrected chi connectivity index (χ3v) is 5.17. The van der Waals surface area contributed by atoms with Gasteiger partial charge in [0.2, 0.25) is 5.95 Å². The van der Waals surface area contributed by atoms with Crippen LogP contribution in [0.3, 0.4) is 0 Å². The minimum atomic E-state index is 0.269. The fourth-order valence-electron chi connectivity index (χ4n) is 3.03. The van der Waals surface area contributed by atoms with Gasteiger partial charge in [-0.25, -0.2) is 14.6 Å². The summed E-state index contributed by atoms with van der Waals surface area (Å²) in [5, 5.41) is 10.2. The van der Waals surface area contributed by atoms with E-state index in [0.717, 1.165) is 47.8 Å². The van der Waals surface area contributed by atoms with Crippen molar-refractivity contribution in [1.82, 2.24) is 19.7 Å². The lowest BCUT2D eigenvalue weighted by atomic mass is 9.97. The maximum absolute atomic E-state index is 5.47. The first kappa shape index (κ1) is 15.5. The highest BCUT2D eigenvalue weighted by molar-refractivity contribution is 7.17. The summed E-state index contributed by atoms with van der Waals surface area (Å²) in [6, 6.07) is 4.42. The molecule has 6 nitrogen and oxygen atoms in total. The van der Waals surface area contributed by atoms with Gasteiger partial charge >= 0.3 is 0 Å². The number of fused-ring (bicyclic) bond motifs is 1. The predicted octanol–water partition coefficient (Wildman–Crippen LogP) is 4.11. The zero-order chi connectivity index (χ0) is 16.5. The summed E-state index contributed by atoms with van der Waals surface area (Å²) in [5.41, 5.74) is 2.10. The number of ether oxygens (including phenoxy) is 1. The quantitative estimate of drug-likeness (QED) is 0.772. The molecule has 1 aliphatic heterocycles. The molecule has 4 heterocycles. The number of aromatic nitrogens is 4. The summed E-state index contributed by atoms with van der Waals surface area (Å²) < 4.78 is 8.58. The molecule has 0 radical (unpaired) electrons. The lowest BCUT2D eigenvalue weighted by molar-refractivity contribution is 0.0843. The highest BCUT2D eigenvalue weighted by atomic mass is 32.1. The molecule has 1 N–H and O–H groups in total. The van der Waals surface area contributed by atoms with Gasteiger partial charge in [-0.2, -0.15) is 5.10 Å². The molecular weight excluding hydrogens is 322 g/mol. The molecule has 1 fully saturated rings. The number of hydrogen-bond acceptors (Lipinski definition) is 6. The van der Waals surface area contributed by atoms with E-state index in [0.29, 0.717) is 11.9 Å². The van der Waals surface area contributed by atoms with Crippen molar-refractivity contribution < 1.29 is 4.74 Å². The summed E-state index contributed by atoms with van der Waals surface area (Å²) >= 11 is 1.65. The Morgan fingerprint density at radius 3 is 2.96 bits per heavy atom. The Morgan fingerprint density at radius 2 is 2.17 bits per heavy atom. The molecule has 126 valence electrons. The van der Waals surface area contributed by atoms with E-state index < -0.39 is 0 Å². The molecule has 0 spiro atoms. The molecule has 0 unspecified atom stereocenters. The molecule has 1 aliphatic rings. The topological polar surface area (TPSA) is 64.9 Å². The van der Waals surface area contributed by atoms with Crippen LogP contribution < -0.4 is 5.32 Å². The SMILES string of the molecule is CC(C)n1nc(C2CCOCC2)cc1Nc1ncc2sccc2n1. The number of hydrogen-bond donors (Lipinski definition) is 1. The van der Waals surface area contributed by atoms with E-state index >= 15 is 0 Å². The van der Waals surface area contributed by atoms with Crippen LogP contribution in [-0.4, -0.2) is 33.0 Å². The van der Waals surface area contributed by atoms with Crippen molar-refractivity contribution in [1.29, 1.82) is 0 Å². The van der Waals surface area contributed by atoms with Crippen molar-refractivity contribution in [2.24, 2.45) is 0 Å². The van der Waals surface area contributed by atoms with Crippen LogP contribution in [0.2, 0.25) is 0 Å². The van der Waals surface area contributed by atoms with E-state index in [-0.39, 0.29) is 6.04 Å². The Balaban J connectivity index is 1.63. The lowest BCUT2D eigenvalue weighted by Crippen LogP contribution is -2.15. The molecule has 1 saturated heterocycles. The Labute approximate surface area is 144 Å². The molecule has 0 aliphatic carbocycles. The van der Waals surface area contributed by atoms with Crippen LogP contribution in [0.15, 0.2) is 23.7 Å². The highest BCUT2D eigenvalue weighted by Crippen LogP contribution is 2.30. The molecule has 0 atom stereocenters. The van der Waals surface area contributed by atoms with Gasteiger partial charge in [0.05, 0.1) is 22.1 Å². The lowest BCUT2D eigenvalue weighted by Gasteiger charge is -2.20. The summed E-state index contributed by atoms with van der Waals surface area (Å²) in [6.07, 6.45) is 3.93. The number of anilines is 2. The highest BCUT2D eigenvalue weighted by Gasteiger charge is 2.21. The van der Waals surface area contributed by atoms with Gasteiger partial charge in [-0.15, -0.1) is 11.3 Å². The standard InChI is InChI=1S/C17H21N5OS/c1-11(2)22-16(9-14(21-22)12-3-6-23-7-4-12)20-17-18-10-15-13(19-17)5-8-24-15/h5,8-12H,3-4,6-7H2,1-2H3,(H,18,19,20). The van der Waals surface area contributed by atoms with Gasteiger partial charge in [-0.3, -0.25) is 0 Å². The van der Waals surface area contributed by atoms with Crippen molar-refractivity contribution in [2.45, 2.75) is 38.6 Å². The van der Waals surface area contributed by atoms with Gasteiger partial charge in [0.1, 0.15) is 5.82 Å². The summed E-state index contributed by atoms with van der Waals surface area (Å²) in [5.74, 6) is 2.03. The van der Waals surface area contributed by atoms with Crippen molar-refractivity contribution in [2.75, 3.05) is 18.5 Å². The van der Waals surface area contributed by atoms with Crippen molar-refractivity contribution in [3.05, 3.63) is 29.4 Å². The molecular formula is C17H21N5OS. The van der Waals surface area contributed by atoms with Crippen molar-refractivity contribution >= 4 is 33.3 Å². The summed E-state index contributed by atoms with van der Waals surface area (Å²) in [7, 11) is 0. The zero-order valence-corrected chi connectivity index (χ0v) is 14.7. The first-order valence-electron chi connectivity index (χ1n) is 8.35. The van der Waals surface area contributed by atoms with E-state index in [4.69, 9.17) is 9.84 Å². The Bertz CT molecular complexity index is 834. The molecule has 4 rings (SSSR count). The smallest absolute Gasteiger partial charge is 0.228 e. The Kier molecular flexibility index (Phi) is 4.20. The number of thiophene rings is 1. The third kappa shape index (κ3) is 3.01. The van der Waals surface area contributed by atoms with Gasteiger partial charge in [0, 0.05) is 31.2 Å². The van der Waals surface area contributed by atoms with Crippen LogP contribution in [0, 0.1) is 0 Å². The molecule has 3 aromatic rings. The van der Waals surface area contributed by atoms with E-state index in [1.54, 1.807) is 11.3 Å². The number of nitrogens with one attached hydrogen (secondary N) is 1. The van der Waals surface area contributed by atoms with Gasteiger partial charge in [-0.05, 0) is 38.1 Å². The minimum absolute atomic E-state index is 0.269. The third-order valence-electron chi connectivity index (χ3n) is 4.33. The molecule has 0 aromatic carbocycles. The first-order valence-corrected chi connectivity index (χ1v) is 9.23. The first-order chi connectivity index (χ1) is 11.7. The molecule has 0 saturated carbocycles. The summed E-state index contributed by atoms with van der Waals surface area (Å²) in [6.45, 7) is 5.91. The van der Waals surface area contributed by atoms with E-state index in [2.05, 4.69) is 35.2 Å². The van der Waals surface area contributed by atoms with Gasteiger partial charge in [0.25, 0.3) is 0 Å². The predicted molar refractivity (Wildman–Crippen MR) is 96.1 cm³/mol. The van der Waals surface area contributed by atoms with Crippen LogP contribution in [0.25, 0.3) is 10.2 Å². The fraction of sp³-hybridized carbons (Fsp3) is 0.471. The van der Waals surface area contributed by atoms with Crippen LogP contribution in [0.5, 0.6) is 0 Å². The van der Waals surface area contributed by atoms with Crippen LogP contribution in [-0.2, 0) is 4.74 Å². The maximum Gasteiger partial charge on any atom is 0.228 e. The van der Waals surface area contributed by atoms with E-state index in [1.165, 1.54) is 0 Å². The number of nitrogens with zero attached hydrogens (tertiary/aromatic N) is 4. The average molecular weight is 343 g/mol. The second-order valence-corrected chi connectivity index (χ2v) is 7.32. The van der Waals surface area contributed by atoms with Crippen LogP contribution >= 0.6 is 11.3 Å². The van der Waals surface area contributed by atoms with Gasteiger partial charge in [0.15, 0.2) is 0 Å². The fourth-order valence-corrected chi connectivity index (χ4v) is 3.73. The second-order valence-electron chi connectivity index (χ2n) is 6.37. The molecule has 7 heteroatoms. The largest absolute Gasteiger partial charge is 0.381 e. The number of rotatable bonds is 4. The van der Waals surface area contributed by atoms with E-state index in [1.807, 2.05) is 22.3 Å². The Morgan fingerprint density at radius 1 is 1.33 bits per heavy atom. The van der Waals surface area contributed by atoms with Crippen molar-refractivity contribution in [3.63, 3.8) is 0 Å². The molecule has 0 bridgehead atoms. The normalized spacial score (nSPS) is 16.1. The monoisotopic (exact) mass is 343 g/mol. The minimum Gasteiger partial charge on any atom is -0.381 e. The zero-order valence-electron chi connectivity index (χ0n) is 13.9. The summed E-state index contributed by atoms with van der Waals surface area (Å²) in [4.78, 5) is 9.00. The van der Waals surface area contributed by atoms with Crippen LogP contribution in [0.4, 0.5) is 11.8 Å². The molecule has 24 heavy (non-hydrogen) atoms. The average Bonchev–Trinajstić information content (AvgIpc) is 3.22. The molecule has 0 amide bonds. The molecule has 3 aromatic heterocycles. The van der Waals surface area contributed by atoms with E-state index in [9.17, 15) is 0 Å². The van der Waals surface area contributed by atoms with Gasteiger partial charge in [-0.1, -0.05) is 0 Å². The maximum atomic E-state index is 5.47. The second kappa shape index (κ2) is 6.49.